The number of aromatic nitrogens is 1. The topological polar surface area (TPSA) is 79.0 Å². The zero-order chi connectivity index (χ0) is 17.1. The molecule has 124 valence electrons. The van der Waals surface area contributed by atoms with Gasteiger partial charge in [0.05, 0.1) is 0 Å². The summed E-state index contributed by atoms with van der Waals surface area (Å²) in [5.74, 6) is -0.245. The number of carbonyl (C=O) groups excluding carboxylic acids is 2. The lowest BCUT2D eigenvalue weighted by Crippen LogP contribution is -2.33. The molecule has 0 saturated heterocycles. The Balaban J connectivity index is 1.72. The van der Waals surface area contributed by atoms with Gasteiger partial charge in [-0.15, -0.1) is 0 Å². The molecular weight excluding hydrogens is 304 g/mol. The van der Waals surface area contributed by atoms with E-state index in [1.54, 1.807) is 0 Å². The van der Waals surface area contributed by atoms with Crippen LogP contribution in [0, 0.1) is 5.92 Å². The average molecular weight is 324 g/mol. The second-order valence-corrected chi connectivity index (χ2v) is 6.33. The molecule has 1 aromatic carbocycles. The summed E-state index contributed by atoms with van der Waals surface area (Å²) in [5, 5.41) is 2.75. The van der Waals surface area contributed by atoms with E-state index in [-0.39, 0.29) is 17.3 Å². The maximum absolute atomic E-state index is 12.3. The van der Waals surface area contributed by atoms with Crippen molar-refractivity contribution in [3.8, 4) is 0 Å². The van der Waals surface area contributed by atoms with Crippen LogP contribution in [0.2, 0.25) is 0 Å². The van der Waals surface area contributed by atoms with Gasteiger partial charge < -0.3 is 10.3 Å². The highest BCUT2D eigenvalue weighted by Crippen LogP contribution is 2.23. The smallest absolute Gasteiger partial charge is 0.261 e. The van der Waals surface area contributed by atoms with E-state index >= 15 is 0 Å². The number of ketones is 1. The van der Waals surface area contributed by atoms with E-state index < -0.39 is 11.5 Å². The van der Waals surface area contributed by atoms with E-state index in [9.17, 15) is 14.4 Å². The molecule has 0 spiro atoms. The quantitative estimate of drug-likeness (QED) is 0.904. The lowest BCUT2D eigenvalue weighted by atomic mass is 9.86. The highest BCUT2D eigenvalue weighted by Gasteiger charge is 2.25. The fourth-order valence-corrected chi connectivity index (χ4v) is 3.05. The number of H-pyrrole nitrogens is 1. The second kappa shape index (κ2) is 6.83. The molecule has 1 aromatic heterocycles. The summed E-state index contributed by atoms with van der Waals surface area (Å²) in [5.41, 5.74) is 1.80. The van der Waals surface area contributed by atoms with Crippen LogP contribution in [0.5, 0.6) is 0 Å². The van der Waals surface area contributed by atoms with Crippen LogP contribution in [-0.4, -0.2) is 23.2 Å². The number of benzene rings is 1. The van der Waals surface area contributed by atoms with Crippen molar-refractivity contribution in [1.29, 1.82) is 0 Å². The van der Waals surface area contributed by atoms with E-state index in [2.05, 4.69) is 10.3 Å². The summed E-state index contributed by atoms with van der Waals surface area (Å²) >= 11 is 0. The Labute approximate surface area is 140 Å². The Bertz CT molecular complexity index is 824. The molecular formula is C19H20N2O3. The molecule has 1 heterocycles. The van der Waals surface area contributed by atoms with Crippen molar-refractivity contribution in [1.82, 2.24) is 10.3 Å². The number of hydrogen-bond acceptors (Lipinski definition) is 3. The number of fused-ring (bicyclic) bond motifs is 1. The maximum atomic E-state index is 12.3. The zero-order valence-corrected chi connectivity index (χ0v) is 13.6. The molecule has 2 N–H and O–H groups in total. The third kappa shape index (κ3) is 3.45. The van der Waals surface area contributed by atoms with Crippen molar-refractivity contribution < 1.29 is 9.59 Å². The summed E-state index contributed by atoms with van der Waals surface area (Å²) < 4.78 is 0. The summed E-state index contributed by atoms with van der Waals surface area (Å²) in [6.45, 7) is 2.41. The molecule has 1 aliphatic carbocycles. The Kier molecular flexibility index (Phi) is 4.60. The number of rotatable bonds is 4. The summed E-state index contributed by atoms with van der Waals surface area (Å²) in [4.78, 5) is 39.3. The molecule has 0 saturated carbocycles. The van der Waals surface area contributed by atoms with Gasteiger partial charge in [0.25, 0.3) is 11.5 Å². The van der Waals surface area contributed by atoms with Crippen LogP contribution in [0.1, 0.15) is 45.3 Å². The standard InChI is InChI=1S/C19H20N2O3/c1-12-9-16-14(17(22)10-12)11-15(19(24)21-16)18(23)20-8-7-13-5-3-2-4-6-13/h2-6,11-12H,7-10H2,1H3,(H,20,23)(H,21,24)/t12-/m1/s1. The first-order chi connectivity index (χ1) is 11.5. The lowest BCUT2D eigenvalue weighted by molar-refractivity contribution is 0.0951. The van der Waals surface area contributed by atoms with Crippen molar-refractivity contribution >= 4 is 11.7 Å². The van der Waals surface area contributed by atoms with Gasteiger partial charge in [-0.05, 0) is 30.4 Å². The number of hydrogen-bond donors (Lipinski definition) is 2. The van der Waals surface area contributed by atoms with Crippen LogP contribution in [0.4, 0.5) is 0 Å². The molecule has 3 rings (SSSR count). The van der Waals surface area contributed by atoms with Gasteiger partial charge in [-0.1, -0.05) is 37.3 Å². The van der Waals surface area contributed by atoms with Crippen LogP contribution in [0.15, 0.2) is 41.2 Å². The Morgan fingerprint density at radius 2 is 1.96 bits per heavy atom. The maximum Gasteiger partial charge on any atom is 0.261 e. The van der Waals surface area contributed by atoms with Crippen molar-refractivity contribution in [3.63, 3.8) is 0 Å². The van der Waals surface area contributed by atoms with E-state index in [1.165, 1.54) is 6.07 Å². The molecule has 5 heteroatoms. The Morgan fingerprint density at radius 1 is 1.21 bits per heavy atom. The molecule has 1 atom stereocenters. The molecule has 1 aliphatic rings. The van der Waals surface area contributed by atoms with Crippen molar-refractivity contribution in [2.75, 3.05) is 6.54 Å². The van der Waals surface area contributed by atoms with Crippen LogP contribution in [-0.2, 0) is 12.8 Å². The Hall–Kier alpha value is -2.69. The van der Waals surface area contributed by atoms with Gasteiger partial charge in [-0.2, -0.15) is 0 Å². The van der Waals surface area contributed by atoms with Gasteiger partial charge >= 0.3 is 0 Å². The fraction of sp³-hybridized carbons (Fsp3) is 0.316. The molecule has 0 aliphatic heterocycles. The first-order valence-corrected chi connectivity index (χ1v) is 8.16. The first kappa shape index (κ1) is 16.2. The van der Waals surface area contributed by atoms with E-state index in [1.807, 2.05) is 37.3 Å². The monoisotopic (exact) mass is 324 g/mol. The molecule has 0 fully saturated rings. The second-order valence-electron chi connectivity index (χ2n) is 6.33. The van der Waals surface area contributed by atoms with Crippen LogP contribution in [0.25, 0.3) is 0 Å². The number of nitrogens with one attached hydrogen (secondary N) is 2. The summed E-state index contributed by atoms with van der Waals surface area (Å²) in [7, 11) is 0. The predicted molar refractivity (Wildman–Crippen MR) is 91.4 cm³/mol. The SMILES string of the molecule is C[C@H]1CC(=O)c2cc(C(=O)NCCc3ccccc3)c(=O)[nH]c2C1. The van der Waals surface area contributed by atoms with E-state index in [0.717, 1.165) is 5.56 Å². The number of aromatic amines is 1. The third-order valence-corrected chi connectivity index (χ3v) is 4.30. The zero-order valence-electron chi connectivity index (χ0n) is 13.6. The Morgan fingerprint density at radius 3 is 2.71 bits per heavy atom. The van der Waals surface area contributed by atoms with Gasteiger partial charge in [-0.25, -0.2) is 0 Å². The minimum absolute atomic E-state index is 0.00437. The summed E-state index contributed by atoms with van der Waals surface area (Å²) in [6.07, 6.45) is 1.80. The molecule has 24 heavy (non-hydrogen) atoms. The third-order valence-electron chi connectivity index (χ3n) is 4.30. The summed E-state index contributed by atoms with van der Waals surface area (Å²) in [6, 6.07) is 11.2. The largest absolute Gasteiger partial charge is 0.352 e. The van der Waals surface area contributed by atoms with Crippen molar-refractivity contribution in [2.45, 2.75) is 26.2 Å². The highest BCUT2D eigenvalue weighted by atomic mass is 16.2. The van der Waals surface area contributed by atoms with Gasteiger partial charge in [0, 0.05) is 24.2 Å². The lowest BCUT2D eigenvalue weighted by Gasteiger charge is -2.20. The number of carbonyl (C=O) groups is 2. The van der Waals surface area contributed by atoms with Gasteiger partial charge in [0.1, 0.15) is 5.56 Å². The molecule has 2 aromatic rings. The average Bonchev–Trinajstić information content (AvgIpc) is 2.55. The minimum Gasteiger partial charge on any atom is -0.352 e. The van der Waals surface area contributed by atoms with Gasteiger partial charge in [0.15, 0.2) is 5.78 Å². The predicted octanol–water partition coefficient (Wildman–Crippen LogP) is 2.11. The van der Waals surface area contributed by atoms with Crippen LogP contribution in [0.3, 0.4) is 0 Å². The van der Waals surface area contributed by atoms with E-state index in [0.29, 0.717) is 37.1 Å². The van der Waals surface area contributed by atoms with Gasteiger partial charge in [0.2, 0.25) is 0 Å². The highest BCUT2D eigenvalue weighted by molar-refractivity contribution is 6.01. The van der Waals surface area contributed by atoms with Crippen molar-refractivity contribution in [3.05, 3.63) is 69.1 Å². The molecule has 5 nitrogen and oxygen atoms in total. The molecule has 1 amide bonds. The molecule has 0 bridgehead atoms. The molecule has 0 unspecified atom stereocenters. The number of amides is 1. The number of pyridine rings is 1. The first-order valence-electron chi connectivity index (χ1n) is 8.16. The minimum atomic E-state index is -0.443. The molecule has 0 radical (unpaired) electrons. The number of Topliss-reactive ketones (excluding diaryl/α,β-unsaturated/α-hetero) is 1. The van der Waals surface area contributed by atoms with Crippen LogP contribution < -0.4 is 10.9 Å². The normalized spacial score (nSPS) is 16.5. The van der Waals surface area contributed by atoms with Crippen LogP contribution >= 0.6 is 0 Å². The fourth-order valence-electron chi connectivity index (χ4n) is 3.05. The van der Waals surface area contributed by atoms with Crippen molar-refractivity contribution in [2.24, 2.45) is 5.92 Å². The van der Waals surface area contributed by atoms with E-state index in [4.69, 9.17) is 0 Å². The van der Waals surface area contributed by atoms with Gasteiger partial charge in [-0.3, -0.25) is 14.4 Å².